The lowest BCUT2D eigenvalue weighted by molar-refractivity contribution is -0.0294. The highest BCUT2D eigenvalue weighted by Crippen LogP contribution is 2.27. The lowest BCUT2D eigenvalue weighted by atomic mass is 10.0. The Balaban J connectivity index is 2.30. The molecule has 2 heterocycles. The fourth-order valence-corrected chi connectivity index (χ4v) is 2.25. The third-order valence-corrected chi connectivity index (χ3v) is 3.52. The van der Waals surface area contributed by atoms with E-state index in [4.69, 9.17) is 15.2 Å². The minimum Gasteiger partial charge on any atom is -0.464 e. The summed E-state index contributed by atoms with van der Waals surface area (Å²) in [4.78, 5) is 15.7. The van der Waals surface area contributed by atoms with Gasteiger partial charge in [0.1, 0.15) is 17.2 Å². The fraction of sp³-hybridized carbons (Fsp3) is 0.667. The van der Waals surface area contributed by atoms with E-state index in [0.717, 1.165) is 6.42 Å². The van der Waals surface area contributed by atoms with Crippen molar-refractivity contribution in [2.75, 3.05) is 33.2 Å². The summed E-state index contributed by atoms with van der Waals surface area (Å²) in [7, 11) is 2.95. The minimum absolute atomic E-state index is 0.144. The quantitative estimate of drug-likeness (QED) is 0.794. The first-order valence-electron chi connectivity index (χ1n) is 6.07. The van der Waals surface area contributed by atoms with Gasteiger partial charge >= 0.3 is 5.97 Å². The summed E-state index contributed by atoms with van der Waals surface area (Å²) >= 11 is 0. The molecule has 0 radical (unpaired) electrons. The van der Waals surface area contributed by atoms with E-state index < -0.39 is 11.6 Å². The first-order valence-corrected chi connectivity index (χ1v) is 6.07. The largest absolute Gasteiger partial charge is 0.464 e. The Labute approximate surface area is 111 Å². The molecule has 0 bridgehead atoms. The third-order valence-electron chi connectivity index (χ3n) is 3.52. The van der Waals surface area contributed by atoms with Gasteiger partial charge in [-0.15, -0.1) is 0 Å². The molecule has 1 unspecified atom stereocenters. The highest BCUT2D eigenvalue weighted by molar-refractivity contribution is 5.92. The molecular formula is C12H19N3O4. The zero-order valence-corrected chi connectivity index (χ0v) is 11.4. The van der Waals surface area contributed by atoms with Gasteiger partial charge in [-0.2, -0.15) is 0 Å². The molecule has 106 valence electrons. The number of imidazole rings is 1. The van der Waals surface area contributed by atoms with Gasteiger partial charge in [0, 0.05) is 20.1 Å². The van der Waals surface area contributed by atoms with E-state index in [9.17, 15) is 4.79 Å². The number of methoxy groups -OCH3 is 2. The van der Waals surface area contributed by atoms with Crippen molar-refractivity contribution < 1.29 is 19.0 Å². The number of esters is 1. The number of nitrogens with two attached hydrogens (primary N) is 1. The number of aryl methyl sites for hydroxylation is 1. The van der Waals surface area contributed by atoms with Crippen molar-refractivity contribution in [2.24, 2.45) is 0 Å². The summed E-state index contributed by atoms with van der Waals surface area (Å²) in [5.74, 6) is 0.419. The van der Waals surface area contributed by atoms with Crippen molar-refractivity contribution >= 4 is 11.8 Å². The molecule has 0 aromatic carbocycles. The molecule has 1 saturated heterocycles. The molecule has 7 heteroatoms. The molecule has 0 saturated carbocycles. The summed E-state index contributed by atoms with van der Waals surface area (Å²) in [5.41, 5.74) is 5.71. The molecule has 0 amide bonds. The Bertz CT molecular complexity index is 478. The highest BCUT2D eigenvalue weighted by atomic mass is 16.5. The van der Waals surface area contributed by atoms with Crippen LogP contribution in [0.1, 0.15) is 22.7 Å². The molecular weight excluding hydrogens is 250 g/mol. The molecule has 1 aromatic heterocycles. The van der Waals surface area contributed by atoms with Gasteiger partial charge in [-0.25, -0.2) is 9.78 Å². The molecule has 2 rings (SSSR count). The third kappa shape index (κ3) is 2.43. The van der Waals surface area contributed by atoms with Gasteiger partial charge in [0.15, 0.2) is 5.69 Å². The number of carbonyl (C=O) groups is 1. The van der Waals surface area contributed by atoms with Crippen LogP contribution in [0.5, 0.6) is 0 Å². The first-order chi connectivity index (χ1) is 9.03. The van der Waals surface area contributed by atoms with Crippen molar-refractivity contribution in [3.63, 3.8) is 0 Å². The van der Waals surface area contributed by atoms with Crippen molar-refractivity contribution in [1.29, 1.82) is 0 Å². The molecule has 7 nitrogen and oxygen atoms in total. The van der Waals surface area contributed by atoms with Crippen LogP contribution in [0.3, 0.4) is 0 Å². The zero-order valence-electron chi connectivity index (χ0n) is 11.4. The van der Waals surface area contributed by atoms with Crippen LogP contribution in [-0.2, 0) is 20.8 Å². The van der Waals surface area contributed by atoms with E-state index >= 15 is 0 Å². The number of aromatic nitrogens is 2. The van der Waals surface area contributed by atoms with Gasteiger partial charge in [0.25, 0.3) is 0 Å². The molecule has 0 aliphatic carbocycles. The topological polar surface area (TPSA) is 88.6 Å². The van der Waals surface area contributed by atoms with Crippen molar-refractivity contribution in [1.82, 2.24) is 9.55 Å². The average molecular weight is 269 g/mol. The van der Waals surface area contributed by atoms with E-state index in [2.05, 4.69) is 9.72 Å². The molecule has 1 aliphatic rings. The highest BCUT2D eigenvalue weighted by Gasteiger charge is 2.37. The molecule has 19 heavy (non-hydrogen) atoms. The number of nitrogens with zero attached hydrogens (tertiary/aromatic N) is 2. The van der Waals surface area contributed by atoms with E-state index in [0.29, 0.717) is 31.4 Å². The normalized spacial score (nSPS) is 22.7. The first kappa shape index (κ1) is 13.8. The van der Waals surface area contributed by atoms with Crippen molar-refractivity contribution in [3.8, 4) is 0 Å². The second kappa shape index (κ2) is 5.18. The van der Waals surface area contributed by atoms with E-state index in [1.807, 2.05) is 0 Å². The molecule has 1 fully saturated rings. The Morgan fingerprint density at radius 2 is 2.32 bits per heavy atom. The van der Waals surface area contributed by atoms with Gasteiger partial charge in [-0.1, -0.05) is 0 Å². The van der Waals surface area contributed by atoms with Crippen LogP contribution < -0.4 is 5.73 Å². The van der Waals surface area contributed by atoms with Crippen LogP contribution in [-0.4, -0.2) is 48.6 Å². The van der Waals surface area contributed by atoms with Gasteiger partial charge in [0.2, 0.25) is 0 Å². The lowest BCUT2D eigenvalue weighted by Gasteiger charge is -2.27. The van der Waals surface area contributed by atoms with E-state index in [-0.39, 0.29) is 5.69 Å². The average Bonchev–Trinajstić information content (AvgIpc) is 2.99. The van der Waals surface area contributed by atoms with Crippen LogP contribution in [0.4, 0.5) is 5.82 Å². The van der Waals surface area contributed by atoms with Gasteiger partial charge in [-0.05, 0) is 6.92 Å². The van der Waals surface area contributed by atoms with Gasteiger partial charge in [-0.3, -0.25) is 0 Å². The van der Waals surface area contributed by atoms with Crippen molar-refractivity contribution in [2.45, 2.75) is 25.5 Å². The number of nitrogen functional groups attached to an aromatic ring is 1. The van der Waals surface area contributed by atoms with Crippen LogP contribution in [0.15, 0.2) is 0 Å². The number of hydrogen-bond donors (Lipinski definition) is 1. The number of rotatable bonds is 4. The summed E-state index contributed by atoms with van der Waals surface area (Å²) in [6, 6.07) is 0. The smallest absolute Gasteiger partial charge is 0.360 e. The molecule has 1 atom stereocenters. The summed E-state index contributed by atoms with van der Waals surface area (Å²) in [6.45, 7) is 3.46. The van der Waals surface area contributed by atoms with Crippen LogP contribution in [0.25, 0.3) is 0 Å². The van der Waals surface area contributed by atoms with Crippen LogP contribution in [0, 0.1) is 6.92 Å². The lowest BCUT2D eigenvalue weighted by Crippen LogP contribution is -2.37. The number of ether oxygens (including phenoxy) is 3. The zero-order chi connectivity index (χ0) is 14.0. The van der Waals surface area contributed by atoms with Gasteiger partial charge < -0.3 is 24.5 Å². The predicted molar refractivity (Wildman–Crippen MR) is 67.9 cm³/mol. The minimum atomic E-state index is -0.534. The molecule has 1 aliphatic heterocycles. The number of hydrogen-bond acceptors (Lipinski definition) is 6. The molecule has 2 N–H and O–H groups in total. The summed E-state index contributed by atoms with van der Waals surface area (Å²) in [5, 5.41) is 0. The fourth-order valence-electron chi connectivity index (χ4n) is 2.25. The molecule has 1 aromatic rings. The van der Waals surface area contributed by atoms with Crippen molar-refractivity contribution in [3.05, 3.63) is 11.5 Å². The standard InChI is InChI=1S/C12H19N3O4/c1-8-14-9(11(16)17-2)10(13)15(8)6-12(18-3)4-5-19-7-12/h4-7,13H2,1-3H3. The maximum Gasteiger partial charge on any atom is 0.360 e. The Kier molecular flexibility index (Phi) is 3.77. The second-order valence-corrected chi connectivity index (χ2v) is 4.66. The SMILES string of the molecule is COC(=O)c1nc(C)n(CC2(OC)CCOC2)c1N. The van der Waals surface area contributed by atoms with E-state index in [1.54, 1.807) is 18.6 Å². The van der Waals surface area contributed by atoms with Gasteiger partial charge in [0.05, 0.1) is 20.3 Å². The number of carbonyl (C=O) groups excluding carboxylic acids is 1. The predicted octanol–water partition coefficient (Wildman–Crippen LogP) is 0.366. The monoisotopic (exact) mass is 269 g/mol. The molecule has 0 spiro atoms. The van der Waals surface area contributed by atoms with Crippen LogP contribution in [0.2, 0.25) is 0 Å². The maximum absolute atomic E-state index is 11.6. The Morgan fingerprint density at radius 1 is 1.58 bits per heavy atom. The maximum atomic E-state index is 11.6. The Hall–Kier alpha value is -1.60. The summed E-state index contributed by atoms with van der Waals surface area (Å²) in [6.07, 6.45) is 0.786. The number of anilines is 1. The van der Waals surface area contributed by atoms with E-state index in [1.165, 1.54) is 7.11 Å². The van der Waals surface area contributed by atoms with Crippen LogP contribution >= 0.6 is 0 Å². The summed E-state index contributed by atoms with van der Waals surface area (Å²) < 4.78 is 17.4. The second-order valence-electron chi connectivity index (χ2n) is 4.66. The Morgan fingerprint density at radius 3 is 2.84 bits per heavy atom.